The van der Waals surface area contributed by atoms with Gasteiger partial charge in [0.15, 0.2) is 0 Å². The Balaban J connectivity index is 1.35. The van der Waals surface area contributed by atoms with Gasteiger partial charge in [0, 0.05) is 56.0 Å². The van der Waals surface area contributed by atoms with Gasteiger partial charge in [0.05, 0.1) is 18.7 Å². The highest BCUT2D eigenvalue weighted by atomic mass is 19.3. The van der Waals surface area contributed by atoms with Crippen molar-refractivity contribution in [2.75, 3.05) is 25.1 Å². The standard InChI is InChI=1S/C24H27F2N5O2/c1-16-10-19-14-30(15-20(16)31(19)21-6-5-17(12-27)13-29-21)23(32)4-3-8-24(25,26)18-7-9-28-22(11-18)33-2/h5-7,9,11,13,16,19-20H,3-4,8,10,14-15H2,1-2H3/t16-,19?,20?/m0/s1. The molecule has 0 aromatic carbocycles. The molecule has 0 saturated carbocycles. The van der Waals surface area contributed by atoms with Crippen molar-refractivity contribution in [1.82, 2.24) is 14.9 Å². The lowest BCUT2D eigenvalue weighted by Crippen LogP contribution is -2.56. The summed E-state index contributed by atoms with van der Waals surface area (Å²) in [5, 5.41) is 9.00. The van der Waals surface area contributed by atoms with Crippen molar-refractivity contribution in [2.24, 2.45) is 5.92 Å². The molecule has 2 saturated heterocycles. The summed E-state index contributed by atoms with van der Waals surface area (Å²) < 4.78 is 34.1. The molecular formula is C24H27F2N5O2. The Morgan fingerprint density at radius 1 is 1.30 bits per heavy atom. The fourth-order valence-electron chi connectivity index (χ4n) is 4.91. The first kappa shape index (κ1) is 22.9. The van der Waals surface area contributed by atoms with E-state index in [4.69, 9.17) is 10.00 Å². The van der Waals surface area contributed by atoms with Crippen molar-refractivity contribution >= 4 is 11.7 Å². The minimum atomic E-state index is -3.05. The van der Waals surface area contributed by atoms with Crippen molar-refractivity contribution in [3.63, 3.8) is 0 Å². The minimum Gasteiger partial charge on any atom is -0.481 e. The van der Waals surface area contributed by atoms with Crippen LogP contribution in [0.25, 0.3) is 0 Å². The summed E-state index contributed by atoms with van der Waals surface area (Å²) >= 11 is 0. The molecule has 2 aliphatic heterocycles. The molecule has 2 bridgehead atoms. The van der Waals surface area contributed by atoms with Crippen LogP contribution in [0.2, 0.25) is 0 Å². The van der Waals surface area contributed by atoms with Crippen molar-refractivity contribution in [1.29, 1.82) is 5.26 Å². The van der Waals surface area contributed by atoms with Gasteiger partial charge in [-0.25, -0.2) is 18.7 Å². The highest BCUT2D eigenvalue weighted by Crippen LogP contribution is 2.38. The van der Waals surface area contributed by atoms with Crippen molar-refractivity contribution < 1.29 is 18.3 Å². The summed E-state index contributed by atoms with van der Waals surface area (Å²) in [6.07, 6.45) is 3.57. The Kier molecular flexibility index (Phi) is 6.45. The van der Waals surface area contributed by atoms with E-state index in [1.54, 1.807) is 12.3 Å². The third kappa shape index (κ3) is 4.75. The van der Waals surface area contributed by atoms with Crippen LogP contribution in [0.1, 0.15) is 43.7 Å². The third-order valence-electron chi connectivity index (χ3n) is 6.63. The van der Waals surface area contributed by atoms with E-state index in [-0.39, 0.29) is 42.3 Å². The topological polar surface area (TPSA) is 82.4 Å². The number of piperazine rings is 1. The maximum atomic E-state index is 14.6. The number of carbonyl (C=O) groups is 1. The molecule has 9 heteroatoms. The van der Waals surface area contributed by atoms with Gasteiger partial charge in [-0.3, -0.25) is 4.79 Å². The number of nitriles is 1. The molecule has 0 spiro atoms. The monoisotopic (exact) mass is 455 g/mol. The lowest BCUT2D eigenvalue weighted by molar-refractivity contribution is -0.132. The summed E-state index contributed by atoms with van der Waals surface area (Å²) in [6, 6.07) is 8.45. The zero-order valence-electron chi connectivity index (χ0n) is 18.7. The maximum Gasteiger partial charge on any atom is 0.273 e. The SMILES string of the molecule is COc1cc(C(F)(F)CCCC(=O)N2CC3C[C@H](C)C(C2)N3c2ccc(C#N)cn2)ccn1. The number of rotatable bonds is 7. The van der Waals surface area contributed by atoms with E-state index in [9.17, 15) is 13.6 Å². The zero-order valence-corrected chi connectivity index (χ0v) is 18.7. The number of likely N-dealkylation sites (tertiary alicyclic amines) is 1. The van der Waals surface area contributed by atoms with Gasteiger partial charge in [0.25, 0.3) is 5.92 Å². The fourth-order valence-corrected chi connectivity index (χ4v) is 4.91. The molecule has 0 radical (unpaired) electrons. The van der Waals surface area contributed by atoms with Gasteiger partial charge < -0.3 is 14.5 Å². The van der Waals surface area contributed by atoms with Crippen molar-refractivity contribution in [3.05, 3.63) is 47.8 Å². The highest BCUT2D eigenvalue weighted by Gasteiger charge is 2.46. The fraction of sp³-hybridized carbons (Fsp3) is 0.500. The third-order valence-corrected chi connectivity index (χ3v) is 6.63. The number of aromatic nitrogens is 2. The molecule has 0 aliphatic carbocycles. The number of nitrogens with zero attached hydrogens (tertiary/aromatic N) is 5. The van der Waals surface area contributed by atoms with Crippen LogP contribution in [-0.2, 0) is 10.7 Å². The number of hydrogen-bond donors (Lipinski definition) is 0. The number of carbonyl (C=O) groups excluding carboxylic acids is 1. The average molecular weight is 456 g/mol. The summed E-state index contributed by atoms with van der Waals surface area (Å²) in [7, 11) is 1.38. The summed E-state index contributed by atoms with van der Waals surface area (Å²) in [5.41, 5.74) is 0.354. The van der Waals surface area contributed by atoms with Crippen molar-refractivity contribution in [2.45, 2.75) is 50.6 Å². The molecule has 2 aromatic rings. The minimum absolute atomic E-state index is 0.0841. The lowest BCUT2D eigenvalue weighted by Gasteiger charge is -2.42. The summed E-state index contributed by atoms with van der Waals surface area (Å²) in [4.78, 5) is 25.2. The molecule has 4 heterocycles. The first-order valence-electron chi connectivity index (χ1n) is 11.1. The molecule has 0 N–H and O–H groups in total. The predicted molar refractivity (Wildman–Crippen MR) is 118 cm³/mol. The van der Waals surface area contributed by atoms with Gasteiger partial charge in [0.2, 0.25) is 11.8 Å². The molecule has 33 heavy (non-hydrogen) atoms. The Hall–Kier alpha value is -3.28. The van der Waals surface area contributed by atoms with Crippen LogP contribution in [0.5, 0.6) is 5.88 Å². The molecule has 2 aromatic heterocycles. The maximum absolute atomic E-state index is 14.6. The summed E-state index contributed by atoms with van der Waals surface area (Å²) in [5.74, 6) is -1.80. The van der Waals surface area contributed by atoms with Crippen LogP contribution in [0.4, 0.5) is 14.6 Å². The number of methoxy groups -OCH3 is 1. The number of hydrogen-bond acceptors (Lipinski definition) is 6. The Morgan fingerprint density at radius 3 is 2.79 bits per heavy atom. The van der Waals surface area contributed by atoms with Crippen LogP contribution in [0.15, 0.2) is 36.7 Å². The van der Waals surface area contributed by atoms with Gasteiger partial charge in [-0.2, -0.15) is 5.26 Å². The van der Waals surface area contributed by atoms with Gasteiger partial charge in [0.1, 0.15) is 11.9 Å². The van der Waals surface area contributed by atoms with E-state index in [0.29, 0.717) is 24.6 Å². The Bertz CT molecular complexity index is 1040. The smallest absolute Gasteiger partial charge is 0.273 e. The molecule has 174 valence electrons. The van der Waals surface area contributed by atoms with E-state index in [1.807, 2.05) is 11.0 Å². The number of pyridine rings is 2. The highest BCUT2D eigenvalue weighted by molar-refractivity contribution is 5.77. The van der Waals surface area contributed by atoms with Gasteiger partial charge in [-0.1, -0.05) is 6.92 Å². The molecule has 2 fully saturated rings. The molecule has 2 unspecified atom stereocenters. The van der Waals surface area contributed by atoms with E-state index in [1.165, 1.54) is 25.4 Å². The number of fused-ring (bicyclic) bond motifs is 2. The van der Waals surface area contributed by atoms with Crippen LogP contribution >= 0.6 is 0 Å². The van der Waals surface area contributed by atoms with Gasteiger partial charge in [-0.15, -0.1) is 0 Å². The largest absolute Gasteiger partial charge is 0.481 e. The molecule has 4 rings (SSSR count). The van der Waals surface area contributed by atoms with E-state index >= 15 is 0 Å². The number of alkyl halides is 2. The second-order valence-corrected chi connectivity index (χ2v) is 8.80. The molecule has 3 atom stereocenters. The first-order valence-corrected chi connectivity index (χ1v) is 11.1. The number of halogens is 2. The predicted octanol–water partition coefficient (Wildman–Crippen LogP) is 3.74. The van der Waals surface area contributed by atoms with E-state index in [0.717, 1.165) is 12.2 Å². The molecule has 2 aliphatic rings. The Morgan fingerprint density at radius 2 is 2.12 bits per heavy atom. The molecular weight excluding hydrogens is 428 g/mol. The van der Waals surface area contributed by atoms with E-state index < -0.39 is 12.3 Å². The second-order valence-electron chi connectivity index (χ2n) is 8.80. The summed E-state index contributed by atoms with van der Waals surface area (Å²) in [6.45, 7) is 3.27. The quantitative estimate of drug-likeness (QED) is 0.633. The average Bonchev–Trinajstić information content (AvgIpc) is 3.02. The van der Waals surface area contributed by atoms with Crippen LogP contribution in [0, 0.1) is 17.2 Å². The van der Waals surface area contributed by atoms with E-state index in [2.05, 4.69) is 27.9 Å². The molecule has 7 nitrogen and oxygen atoms in total. The van der Waals surface area contributed by atoms with Gasteiger partial charge in [-0.05, 0) is 37.0 Å². The second kappa shape index (κ2) is 9.30. The number of amides is 1. The Labute approximate surface area is 192 Å². The van der Waals surface area contributed by atoms with Crippen LogP contribution < -0.4 is 9.64 Å². The van der Waals surface area contributed by atoms with Crippen LogP contribution in [-0.4, -0.2) is 53.1 Å². The van der Waals surface area contributed by atoms with Gasteiger partial charge >= 0.3 is 0 Å². The lowest BCUT2D eigenvalue weighted by atomic mass is 10.0. The van der Waals surface area contributed by atoms with Crippen LogP contribution in [0.3, 0.4) is 0 Å². The molecule has 1 amide bonds. The normalized spacial score (nSPS) is 22.2. The number of ether oxygens (including phenoxy) is 1. The number of anilines is 1. The first-order chi connectivity index (χ1) is 15.8. The van der Waals surface area contributed by atoms with Crippen molar-refractivity contribution in [3.8, 4) is 11.9 Å². The zero-order chi connectivity index (χ0) is 23.6.